The van der Waals surface area contributed by atoms with Gasteiger partial charge >= 0.3 is 0 Å². The van der Waals surface area contributed by atoms with Crippen LogP contribution in [0.1, 0.15) is 33.3 Å². The highest BCUT2D eigenvalue weighted by atomic mass is 32.1. The molecule has 1 rings (SSSR count). The molecular weight excluding hydrogens is 228 g/mol. The minimum atomic E-state index is 0.222. The Morgan fingerprint density at radius 2 is 2.12 bits per heavy atom. The van der Waals surface area contributed by atoms with Gasteiger partial charge in [-0.25, -0.2) is 0 Å². The van der Waals surface area contributed by atoms with Crippen molar-refractivity contribution < 1.29 is 0 Å². The molecule has 0 spiro atoms. The quantitative estimate of drug-likeness (QED) is 0.838. The molecule has 1 atom stereocenters. The van der Waals surface area contributed by atoms with Crippen LogP contribution in [0.5, 0.6) is 0 Å². The molecule has 0 amide bonds. The number of thiophene rings is 1. The first-order chi connectivity index (χ1) is 7.87. The maximum atomic E-state index is 3.56. The van der Waals surface area contributed by atoms with Gasteiger partial charge in [0.1, 0.15) is 0 Å². The normalized spacial score (nSPS) is 14.2. The van der Waals surface area contributed by atoms with E-state index in [4.69, 9.17) is 0 Å². The highest BCUT2D eigenvalue weighted by Crippen LogP contribution is 2.10. The lowest BCUT2D eigenvalue weighted by Gasteiger charge is -2.26. The number of hydrogen-bond donors (Lipinski definition) is 1. The maximum Gasteiger partial charge on any atom is 0.0239 e. The van der Waals surface area contributed by atoms with Crippen molar-refractivity contribution in [2.24, 2.45) is 5.92 Å². The van der Waals surface area contributed by atoms with E-state index in [1.54, 1.807) is 11.3 Å². The summed E-state index contributed by atoms with van der Waals surface area (Å²) >= 11 is 1.78. The van der Waals surface area contributed by atoms with Crippen molar-refractivity contribution in [2.75, 3.05) is 20.1 Å². The van der Waals surface area contributed by atoms with E-state index in [1.165, 1.54) is 5.56 Å². The van der Waals surface area contributed by atoms with Crippen molar-refractivity contribution in [3.8, 4) is 0 Å². The van der Waals surface area contributed by atoms with Crippen LogP contribution in [0.4, 0.5) is 0 Å². The van der Waals surface area contributed by atoms with Gasteiger partial charge in [-0.2, -0.15) is 11.3 Å². The summed E-state index contributed by atoms with van der Waals surface area (Å²) in [7, 11) is 2.20. The molecule has 98 valence electrons. The third-order valence-electron chi connectivity index (χ3n) is 2.64. The highest BCUT2D eigenvalue weighted by Gasteiger charge is 2.12. The van der Waals surface area contributed by atoms with E-state index in [0.717, 1.165) is 19.6 Å². The third kappa shape index (κ3) is 6.81. The minimum absolute atomic E-state index is 0.222. The second kappa shape index (κ2) is 6.53. The van der Waals surface area contributed by atoms with E-state index in [9.17, 15) is 0 Å². The fourth-order valence-electron chi connectivity index (χ4n) is 1.84. The van der Waals surface area contributed by atoms with Crippen LogP contribution in [-0.2, 0) is 6.54 Å². The van der Waals surface area contributed by atoms with Crippen LogP contribution >= 0.6 is 11.3 Å². The predicted octanol–water partition coefficient (Wildman–Crippen LogP) is 3.20. The molecule has 1 N–H and O–H groups in total. The van der Waals surface area contributed by atoms with Crippen molar-refractivity contribution in [1.82, 2.24) is 10.2 Å². The average molecular weight is 254 g/mol. The SMILES string of the molecule is CC(CNC(C)(C)C)CN(C)Cc1ccsc1. The van der Waals surface area contributed by atoms with Gasteiger partial charge in [-0.15, -0.1) is 0 Å². The number of hydrogen-bond acceptors (Lipinski definition) is 3. The number of nitrogens with zero attached hydrogens (tertiary/aromatic N) is 1. The molecule has 0 saturated heterocycles. The van der Waals surface area contributed by atoms with E-state index in [0.29, 0.717) is 5.92 Å². The zero-order chi connectivity index (χ0) is 12.9. The van der Waals surface area contributed by atoms with Gasteiger partial charge in [0.15, 0.2) is 0 Å². The fourth-order valence-corrected chi connectivity index (χ4v) is 2.50. The van der Waals surface area contributed by atoms with Gasteiger partial charge in [0.2, 0.25) is 0 Å². The Kier molecular flexibility index (Phi) is 5.63. The van der Waals surface area contributed by atoms with Gasteiger partial charge in [-0.05, 0) is 62.7 Å². The average Bonchev–Trinajstić information content (AvgIpc) is 2.66. The summed E-state index contributed by atoms with van der Waals surface area (Å²) in [5, 5.41) is 7.94. The van der Waals surface area contributed by atoms with Gasteiger partial charge in [-0.1, -0.05) is 6.92 Å². The van der Waals surface area contributed by atoms with Gasteiger partial charge in [-0.3, -0.25) is 0 Å². The second-order valence-corrected chi connectivity index (χ2v) is 6.84. The molecule has 17 heavy (non-hydrogen) atoms. The molecule has 0 aliphatic heterocycles. The largest absolute Gasteiger partial charge is 0.312 e. The Bertz CT molecular complexity index is 301. The molecule has 0 aliphatic rings. The Labute approximate surface area is 110 Å². The fraction of sp³-hybridized carbons (Fsp3) is 0.714. The van der Waals surface area contributed by atoms with E-state index >= 15 is 0 Å². The molecule has 1 heterocycles. The van der Waals surface area contributed by atoms with Gasteiger partial charge in [0.05, 0.1) is 0 Å². The molecule has 0 bridgehead atoms. The molecule has 2 nitrogen and oxygen atoms in total. The topological polar surface area (TPSA) is 15.3 Å². The molecule has 1 unspecified atom stereocenters. The Morgan fingerprint density at radius 3 is 2.65 bits per heavy atom. The summed E-state index contributed by atoms with van der Waals surface area (Å²) in [6.45, 7) is 12.2. The molecule has 0 saturated carbocycles. The van der Waals surface area contributed by atoms with Crippen molar-refractivity contribution in [3.63, 3.8) is 0 Å². The molecule has 0 aromatic carbocycles. The smallest absolute Gasteiger partial charge is 0.0239 e. The monoisotopic (exact) mass is 254 g/mol. The molecule has 3 heteroatoms. The van der Waals surface area contributed by atoms with E-state index in [1.807, 2.05) is 0 Å². The van der Waals surface area contributed by atoms with E-state index in [-0.39, 0.29) is 5.54 Å². The third-order valence-corrected chi connectivity index (χ3v) is 3.37. The number of nitrogens with one attached hydrogen (secondary N) is 1. The Morgan fingerprint density at radius 1 is 1.41 bits per heavy atom. The van der Waals surface area contributed by atoms with Gasteiger partial charge in [0.25, 0.3) is 0 Å². The molecule has 0 aliphatic carbocycles. The van der Waals surface area contributed by atoms with Crippen LogP contribution in [-0.4, -0.2) is 30.6 Å². The maximum absolute atomic E-state index is 3.56. The predicted molar refractivity (Wildman–Crippen MR) is 77.6 cm³/mol. The van der Waals surface area contributed by atoms with E-state index in [2.05, 4.69) is 61.8 Å². The van der Waals surface area contributed by atoms with Crippen LogP contribution in [0.15, 0.2) is 16.8 Å². The van der Waals surface area contributed by atoms with Crippen molar-refractivity contribution in [2.45, 2.75) is 39.8 Å². The zero-order valence-corrected chi connectivity index (χ0v) is 12.6. The van der Waals surface area contributed by atoms with Gasteiger partial charge in [0, 0.05) is 18.6 Å². The summed E-state index contributed by atoms with van der Waals surface area (Å²) in [5.74, 6) is 0.679. The molecule has 1 aromatic rings. The standard InChI is InChI=1S/C14H26N2S/c1-12(8-15-14(2,3)4)9-16(5)10-13-6-7-17-11-13/h6-7,11-12,15H,8-10H2,1-5H3. The zero-order valence-electron chi connectivity index (χ0n) is 11.8. The van der Waals surface area contributed by atoms with Crippen molar-refractivity contribution in [1.29, 1.82) is 0 Å². The van der Waals surface area contributed by atoms with Crippen LogP contribution in [0.2, 0.25) is 0 Å². The summed E-state index contributed by atoms with van der Waals surface area (Å²) in [6, 6.07) is 2.21. The molecular formula is C14H26N2S. The highest BCUT2D eigenvalue weighted by molar-refractivity contribution is 7.07. The minimum Gasteiger partial charge on any atom is -0.312 e. The second-order valence-electron chi connectivity index (χ2n) is 6.06. The molecule has 0 radical (unpaired) electrons. The number of rotatable bonds is 6. The first kappa shape index (κ1) is 14.7. The lowest BCUT2D eigenvalue weighted by atomic mass is 10.1. The Balaban J connectivity index is 2.24. The summed E-state index contributed by atoms with van der Waals surface area (Å²) in [4.78, 5) is 2.40. The first-order valence-corrected chi connectivity index (χ1v) is 7.26. The van der Waals surface area contributed by atoms with Crippen molar-refractivity contribution in [3.05, 3.63) is 22.4 Å². The Hall–Kier alpha value is -0.380. The summed E-state index contributed by atoms with van der Waals surface area (Å²) < 4.78 is 0. The van der Waals surface area contributed by atoms with Gasteiger partial charge < -0.3 is 10.2 Å². The van der Waals surface area contributed by atoms with Crippen molar-refractivity contribution >= 4 is 11.3 Å². The van der Waals surface area contributed by atoms with Crippen LogP contribution in [0.25, 0.3) is 0 Å². The first-order valence-electron chi connectivity index (χ1n) is 6.31. The van der Waals surface area contributed by atoms with Crippen LogP contribution < -0.4 is 5.32 Å². The summed E-state index contributed by atoms with van der Waals surface area (Å²) in [6.07, 6.45) is 0. The molecule has 0 fully saturated rings. The summed E-state index contributed by atoms with van der Waals surface area (Å²) in [5.41, 5.74) is 1.65. The van der Waals surface area contributed by atoms with Crippen LogP contribution in [0.3, 0.4) is 0 Å². The molecule has 1 aromatic heterocycles. The lowest BCUT2D eigenvalue weighted by molar-refractivity contribution is 0.262. The van der Waals surface area contributed by atoms with Crippen LogP contribution in [0, 0.1) is 5.92 Å². The van der Waals surface area contributed by atoms with E-state index < -0.39 is 0 Å². The lowest BCUT2D eigenvalue weighted by Crippen LogP contribution is -2.40.